The van der Waals surface area contributed by atoms with Gasteiger partial charge in [0, 0.05) is 31.4 Å². The maximum atomic E-state index is 13.0. The molecule has 0 aromatic heterocycles. The smallest absolute Gasteiger partial charge is 0.395 e. The first kappa shape index (κ1) is 23.4. The molecule has 0 fully saturated rings. The summed E-state index contributed by atoms with van der Waals surface area (Å²) in [6.07, 6.45) is -3.30. The molecule has 160 valence electrons. The molecule has 0 saturated heterocycles. The molecule has 2 rings (SSSR count). The SMILES string of the molecule is COCCCNC(=O)c1ccc(C(C=C(N)C(F)(F)F)=Nc2ccccc2Cl)cc1. The highest BCUT2D eigenvalue weighted by Gasteiger charge is 2.31. The van der Waals surface area contributed by atoms with Gasteiger partial charge in [-0.05, 0) is 36.8 Å². The van der Waals surface area contributed by atoms with Crippen LogP contribution in [0, 0.1) is 0 Å². The molecule has 3 N–H and O–H groups in total. The van der Waals surface area contributed by atoms with Crippen LogP contribution in [0.3, 0.4) is 0 Å². The van der Waals surface area contributed by atoms with E-state index in [1.807, 2.05) is 0 Å². The molecule has 0 aliphatic rings. The number of amides is 1. The van der Waals surface area contributed by atoms with E-state index < -0.39 is 11.9 Å². The number of nitrogens with one attached hydrogen (secondary N) is 1. The Morgan fingerprint density at radius 2 is 1.80 bits per heavy atom. The lowest BCUT2D eigenvalue weighted by molar-refractivity contribution is -0.0925. The van der Waals surface area contributed by atoms with Crippen LogP contribution in [0.4, 0.5) is 18.9 Å². The second-order valence-corrected chi connectivity index (χ2v) is 6.63. The first-order chi connectivity index (χ1) is 14.2. The molecule has 5 nitrogen and oxygen atoms in total. The van der Waals surface area contributed by atoms with Crippen molar-refractivity contribution in [3.63, 3.8) is 0 Å². The Balaban J connectivity index is 2.33. The Bertz CT molecular complexity index is 926. The van der Waals surface area contributed by atoms with Crippen LogP contribution in [-0.2, 0) is 4.74 Å². The van der Waals surface area contributed by atoms with E-state index in [0.29, 0.717) is 36.4 Å². The number of carbonyl (C=O) groups excluding carboxylic acids is 1. The number of para-hydroxylation sites is 1. The number of hydrogen-bond donors (Lipinski definition) is 2. The highest BCUT2D eigenvalue weighted by Crippen LogP contribution is 2.27. The van der Waals surface area contributed by atoms with Crippen molar-refractivity contribution in [2.45, 2.75) is 12.6 Å². The highest BCUT2D eigenvalue weighted by atomic mass is 35.5. The molecular formula is C21H21ClF3N3O2. The Kier molecular flexibility index (Phi) is 8.44. The lowest BCUT2D eigenvalue weighted by Gasteiger charge is -2.10. The molecule has 0 aliphatic carbocycles. The highest BCUT2D eigenvalue weighted by molar-refractivity contribution is 6.33. The van der Waals surface area contributed by atoms with E-state index in [2.05, 4.69) is 10.3 Å². The van der Waals surface area contributed by atoms with Gasteiger partial charge in [-0.2, -0.15) is 13.2 Å². The van der Waals surface area contributed by atoms with Gasteiger partial charge in [0.05, 0.1) is 16.4 Å². The number of rotatable bonds is 8. The van der Waals surface area contributed by atoms with Crippen molar-refractivity contribution in [1.82, 2.24) is 5.32 Å². The van der Waals surface area contributed by atoms with Gasteiger partial charge in [0.25, 0.3) is 5.91 Å². The van der Waals surface area contributed by atoms with Crippen LogP contribution in [0.2, 0.25) is 5.02 Å². The van der Waals surface area contributed by atoms with Gasteiger partial charge in [0.1, 0.15) is 5.70 Å². The third-order valence-electron chi connectivity index (χ3n) is 3.97. The van der Waals surface area contributed by atoms with Gasteiger partial charge in [0.2, 0.25) is 0 Å². The third kappa shape index (κ3) is 6.89. The zero-order chi connectivity index (χ0) is 22.1. The van der Waals surface area contributed by atoms with Gasteiger partial charge in [0.15, 0.2) is 0 Å². The van der Waals surface area contributed by atoms with Gasteiger partial charge >= 0.3 is 6.18 Å². The summed E-state index contributed by atoms with van der Waals surface area (Å²) in [5.41, 5.74) is 4.85. The molecule has 0 spiro atoms. The van der Waals surface area contributed by atoms with Crippen LogP contribution in [0.1, 0.15) is 22.3 Å². The molecule has 9 heteroatoms. The van der Waals surface area contributed by atoms with Crippen LogP contribution in [0.5, 0.6) is 0 Å². The second-order valence-electron chi connectivity index (χ2n) is 6.23. The number of hydrogen-bond acceptors (Lipinski definition) is 4. The predicted octanol–water partition coefficient (Wildman–Crippen LogP) is 4.63. The number of allylic oxidation sites excluding steroid dienone is 2. The van der Waals surface area contributed by atoms with Crippen LogP contribution >= 0.6 is 11.6 Å². The van der Waals surface area contributed by atoms with E-state index in [1.54, 1.807) is 31.4 Å². The quantitative estimate of drug-likeness (QED) is 0.465. The lowest BCUT2D eigenvalue weighted by atomic mass is 10.1. The first-order valence-electron chi connectivity index (χ1n) is 8.97. The number of nitrogens with zero attached hydrogens (tertiary/aromatic N) is 1. The summed E-state index contributed by atoms with van der Waals surface area (Å²) in [6, 6.07) is 12.5. The number of aliphatic imine (C=N–C) groups is 1. The number of ether oxygens (including phenoxy) is 1. The largest absolute Gasteiger partial charge is 0.430 e. The standard InChI is InChI=1S/C21H21ClF3N3O2/c1-30-12-4-11-27-20(29)15-9-7-14(8-10-15)18(13-19(26)21(23,24)25)28-17-6-3-2-5-16(17)22/h2-3,5-10,13H,4,11-12,26H2,1H3,(H,27,29). The monoisotopic (exact) mass is 439 g/mol. The van der Waals surface area contributed by atoms with Gasteiger partial charge < -0.3 is 15.8 Å². The Morgan fingerprint density at radius 3 is 2.40 bits per heavy atom. The normalized spacial score (nSPS) is 12.7. The number of nitrogens with two attached hydrogens (primary N) is 1. The van der Waals surface area contributed by atoms with Crippen molar-refractivity contribution in [3.05, 3.63) is 76.5 Å². The second kappa shape index (κ2) is 10.8. The minimum atomic E-state index is -4.71. The molecule has 0 radical (unpaired) electrons. The zero-order valence-electron chi connectivity index (χ0n) is 16.2. The Morgan fingerprint density at radius 1 is 1.17 bits per heavy atom. The van der Waals surface area contributed by atoms with Gasteiger partial charge in [-0.3, -0.25) is 4.79 Å². The minimum absolute atomic E-state index is 0.0371. The van der Waals surface area contributed by atoms with Gasteiger partial charge in [-0.15, -0.1) is 0 Å². The summed E-state index contributed by atoms with van der Waals surface area (Å²) in [4.78, 5) is 16.4. The number of alkyl halides is 3. The first-order valence-corrected chi connectivity index (χ1v) is 9.35. The van der Waals surface area contributed by atoms with E-state index in [9.17, 15) is 18.0 Å². The molecule has 2 aromatic rings. The maximum Gasteiger partial charge on any atom is 0.430 e. The average Bonchev–Trinajstić information content (AvgIpc) is 2.71. The molecule has 0 saturated carbocycles. The lowest BCUT2D eigenvalue weighted by Crippen LogP contribution is -2.25. The molecule has 0 atom stereocenters. The van der Waals surface area contributed by atoms with Crippen LogP contribution in [0.15, 0.2) is 65.3 Å². The van der Waals surface area contributed by atoms with Crippen molar-refractivity contribution in [3.8, 4) is 0 Å². The molecule has 0 unspecified atom stereocenters. The van der Waals surface area contributed by atoms with E-state index in [1.165, 1.54) is 24.3 Å². The topological polar surface area (TPSA) is 76.7 Å². The number of carbonyl (C=O) groups is 1. The van der Waals surface area contributed by atoms with Crippen LogP contribution in [-0.4, -0.2) is 38.1 Å². The molecule has 2 aromatic carbocycles. The van der Waals surface area contributed by atoms with Crippen LogP contribution < -0.4 is 11.1 Å². The van der Waals surface area contributed by atoms with E-state index in [-0.39, 0.29) is 16.6 Å². The average molecular weight is 440 g/mol. The molecule has 30 heavy (non-hydrogen) atoms. The minimum Gasteiger partial charge on any atom is -0.395 e. The fourth-order valence-electron chi connectivity index (χ4n) is 2.39. The summed E-state index contributed by atoms with van der Waals surface area (Å²) in [6.45, 7) is 0.965. The number of benzene rings is 2. The van der Waals surface area contributed by atoms with E-state index in [4.69, 9.17) is 22.1 Å². The van der Waals surface area contributed by atoms with Crippen molar-refractivity contribution >= 4 is 28.9 Å². The maximum absolute atomic E-state index is 13.0. The summed E-state index contributed by atoms with van der Waals surface area (Å²) in [7, 11) is 1.57. The van der Waals surface area contributed by atoms with Crippen molar-refractivity contribution in [2.75, 3.05) is 20.3 Å². The van der Waals surface area contributed by atoms with Crippen molar-refractivity contribution in [1.29, 1.82) is 0 Å². The molecule has 0 heterocycles. The van der Waals surface area contributed by atoms with Crippen molar-refractivity contribution in [2.24, 2.45) is 10.7 Å². The third-order valence-corrected chi connectivity index (χ3v) is 4.29. The van der Waals surface area contributed by atoms with Crippen molar-refractivity contribution < 1.29 is 22.7 Å². The molecular weight excluding hydrogens is 419 g/mol. The molecule has 0 bridgehead atoms. The zero-order valence-corrected chi connectivity index (χ0v) is 16.9. The summed E-state index contributed by atoms with van der Waals surface area (Å²) >= 11 is 6.08. The van der Waals surface area contributed by atoms with E-state index >= 15 is 0 Å². The van der Waals surface area contributed by atoms with Gasteiger partial charge in [-0.1, -0.05) is 35.9 Å². The van der Waals surface area contributed by atoms with Crippen LogP contribution in [0.25, 0.3) is 0 Å². The number of halogens is 4. The Labute approximate surface area is 177 Å². The Hall–Kier alpha value is -2.84. The van der Waals surface area contributed by atoms with Gasteiger partial charge in [-0.25, -0.2) is 4.99 Å². The van der Waals surface area contributed by atoms with E-state index in [0.717, 1.165) is 6.08 Å². The predicted molar refractivity (Wildman–Crippen MR) is 111 cm³/mol. The number of methoxy groups -OCH3 is 1. The fourth-order valence-corrected chi connectivity index (χ4v) is 2.57. The fraction of sp³-hybridized carbons (Fsp3) is 0.238. The molecule has 1 amide bonds. The summed E-state index contributed by atoms with van der Waals surface area (Å²) in [5, 5.41) is 3.01. The molecule has 0 aliphatic heterocycles. The summed E-state index contributed by atoms with van der Waals surface area (Å²) in [5.74, 6) is -0.299. The summed E-state index contributed by atoms with van der Waals surface area (Å²) < 4.78 is 43.8.